The van der Waals surface area contributed by atoms with Gasteiger partial charge in [-0.25, -0.2) is 10.4 Å². The number of hydrogen-bond donors (Lipinski definition) is 1. The summed E-state index contributed by atoms with van der Waals surface area (Å²) in [5.74, 6) is 1.14. The fraction of sp³-hybridized carbons (Fsp3) is 0.154. The van der Waals surface area contributed by atoms with Crippen molar-refractivity contribution in [1.82, 2.24) is 15.0 Å². The summed E-state index contributed by atoms with van der Waals surface area (Å²) in [5.41, 5.74) is 4.07. The van der Waals surface area contributed by atoms with Crippen LogP contribution >= 0.6 is 11.8 Å². The lowest BCUT2D eigenvalue weighted by Gasteiger charge is -2.13. The van der Waals surface area contributed by atoms with Gasteiger partial charge in [-0.1, -0.05) is 42.1 Å². The number of rotatable bonds is 9. The SMILES string of the molecule is COc1cc(OC)c(/C=N\NC(=O)CSc2nc3ccccc3c(=O)n2-c2ccccc2)c(OC)c1. The minimum Gasteiger partial charge on any atom is -0.496 e. The molecule has 9 nitrogen and oxygen atoms in total. The van der Waals surface area contributed by atoms with Crippen molar-refractivity contribution in [1.29, 1.82) is 0 Å². The first-order valence-electron chi connectivity index (χ1n) is 10.9. The fourth-order valence-electron chi connectivity index (χ4n) is 3.50. The van der Waals surface area contributed by atoms with Crippen LogP contribution in [-0.4, -0.2) is 48.8 Å². The number of benzene rings is 3. The Hall–Kier alpha value is -4.31. The Bertz CT molecular complexity index is 1450. The van der Waals surface area contributed by atoms with E-state index in [1.165, 1.54) is 25.0 Å². The molecular formula is C26H24N4O5S. The van der Waals surface area contributed by atoms with Crippen molar-refractivity contribution < 1.29 is 19.0 Å². The number of carbonyl (C=O) groups is 1. The van der Waals surface area contributed by atoms with E-state index >= 15 is 0 Å². The van der Waals surface area contributed by atoms with E-state index in [1.54, 1.807) is 37.4 Å². The molecule has 4 rings (SSSR count). The number of aromatic nitrogens is 2. The van der Waals surface area contributed by atoms with Gasteiger partial charge in [-0.05, 0) is 24.3 Å². The van der Waals surface area contributed by atoms with Gasteiger partial charge in [0.15, 0.2) is 5.16 Å². The number of nitrogens with one attached hydrogen (secondary N) is 1. The summed E-state index contributed by atoms with van der Waals surface area (Å²) >= 11 is 1.15. The summed E-state index contributed by atoms with van der Waals surface area (Å²) in [4.78, 5) is 30.4. The average Bonchev–Trinajstić information content (AvgIpc) is 2.92. The van der Waals surface area contributed by atoms with E-state index in [-0.39, 0.29) is 17.2 Å². The smallest absolute Gasteiger partial charge is 0.266 e. The van der Waals surface area contributed by atoms with E-state index < -0.39 is 0 Å². The van der Waals surface area contributed by atoms with Crippen molar-refractivity contribution in [3.8, 4) is 22.9 Å². The minimum absolute atomic E-state index is 0.00810. The predicted octanol–water partition coefficient (Wildman–Crippen LogP) is 3.65. The number of thioether (sulfide) groups is 1. The molecule has 0 aliphatic rings. The Morgan fingerprint density at radius 2 is 1.67 bits per heavy atom. The van der Waals surface area contributed by atoms with Crippen molar-refractivity contribution in [2.45, 2.75) is 5.16 Å². The fourth-order valence-corrected chi connectivity index (χ4v) is 4.31. The molecule has 0 saturated heterocycles. The van der Waals surface area contributed by atoms with Crippen molar-refractivity contribution in [2.24, 2.45) is 5.10 Å². The predicted molar refractivity (Wildman–Crippen MR) is 140 cm³/mol. The van der Waals surface area contributed by atoms with Crippen LogP contribution in [0.15, 0.2) is 81.8 Å². The number of nitrogens with zero attached hydrogens (tertiary/aromatic N) is 3. The summed E-state index contributed by atoms with van der Waals surface area (Å²) in [6, 6.07) is 19.7. The first-order chi connectivity index (χ1) is 17.5. The van der Waals surface area contributed by atoms with Crippen LogP contribution in [0.4, 0.5) is 0 Å². The molecule has 10 heteroatoms. The molecule has 1 N–H and O–H groups in total. The number of methoxy groups -OCH3 is 3. The zero-order chi connectivity index (χ0) is 25.5. The number of hydrazone groups is 1. The Labute approximate surface area is 211 Å². The van der Waals surface area contributed by atoms with Crippen LogP contribution in [0.2, 0.25) is 0 Å². The molecule has 1 amide bonds. The molecular weight excluding hydrogens is 480 g/mol. The summed E-state index contributed by atoms with van der Waals surface area (Å²) in [5, 5.41) is 4.95. The van der Waals surface area contributed by atoms with Crippen molar-refractivity contribution in [3.63, 3.8) is 0 Å². The lowest BCUT2D eigenvalue weighted by molar-refractivity contribution is -0.118. The monoisotopic (exact) mass is 504 g/mol. The van der Waals surface area contributed by atoms with Gasteiger partial charge >= 0.3 is 0 Å². The van der Waals surface area contributed by atoms with Crippen LogP contribution in [-0.2, 0) is 4.79 Å². The Kier molecular flexibility index (Phi) is 7.86. The highest BCUT2D eigenvalue weighted by Crippen LogP contribution is 2.32. The molecule has 0 spiro atoms. The van der Waals surface area contributed by atoms with Gasteiger partial charge in [-0.15, -0.1) is 0 Å². The molecule has 1 heterocycles. The molecule has 36 heavy (non-hydrogen) atoms. The van der Waals surface area contributed by atoms with Crippen molar-refractivity contribution >= 4 is 34.8 Å². The van der Waals surface area contributed by atoms with E-state index in [9.17, 15) is 9.59 Å². The van der Waals surface area contributed by atoms with Crippen LogP contribution in [0.1, 0.15) is 5.56 Å². The van der Waals surface area contributed by atoms with E-state index in [1.807, 2.05) is 36.4 Å². The number of para-hydroxylation sites is 2. The van der Waals surface area contributed by atoms with Gasteiger partial charge in [-0.3, -0.25) is 14.2 Å². The standard InChI is InChI=1S/C26H24N4O5S/c1-33-18-13-22(34-2)20(23(14-18)35-3)15-27-29-24(31)16-36-26-28-21-12-8-7-11-19(21)25(32)30(26)17-9-5-4-6-10-17/h4-15H,16H2,1-3H3,(H,29,31)/b27-15-. The summed E-state index contributed by atoms with van der Waals surface area (Å²) in [6.07, 6.45) is 1.44. The van der Waals surface area contributed by atoms with E-state index in [0.717, 1.165) is 11.8 Å². The van der Waals surface area contributed by atoms with Gasteiger partial charge in [-0.2, -0.15) is 5.10 Å². The van der Waals surface area contributed by atoms with Gasteiger partial charge in [0.1, 0.15) is 17.2 Å². The summed E-state index contributed by atoms with van der Waals surface area (Å²) in [6.45, 7) is 0. The second kappa shape index (κ2) is 11.4. The lowest BCUT2D eigenvalue weighted by Crippen LogP contribution is -2.24. The maximum Gasteiger partial charge on any atom is 0.266 e. The number of ether oxygens (including phenoxy) is 3. The highest BCUT2D eigenvalue weighted by Gasteiger charge is 2.15. The molecule has 0 atom stereocenters. The highest BCUT2D eigenvalue weighted by molar-refractivity contribution is 7.99. The normalized spacial score (nSPS) is 11.0. The molecule has 0 aliphatic heterocycles. The van der Waals surface area contributed by atoms with Crippen LogP contribution in [0, 0.1) is 0 Å². The van der Waals surface area contributed by atoms with Crippen LogP contribution in [0.5, 0.6) is 17.2 Å². The average molecular weight is 505 g/mol. The van der Waals surface area contributed by atoms with Crippen LogP contribution in [0.25, 0.3) is 16.6 Å². The molecule has 0 fully saturated rings. The zero-order valence-electron chi connectivity index (χ0n) is 19.9. The van der Waals surface area contributed by atoms with E-state index in [2.05, 4.69) is 15.5 Å². The highest BCUT2D eigenvalue weighted by atomic mass is 32.2. The second-order valence-corrected chi connectivity index (χ2v) is 8.36. The van der Waals surface area contributed by atoms with Gasteiger partial charge in [0, 0.05) is 12.1 Å². The van der Waals surface area contributed by atoms with E-state index in [0.29, 0.717) is 44.6 Å². The van der Waals surface area contributed by atoms with Crippen molar-refractivity contribution in [2.75, 3.05) is 27.1 Å². The number of hydrogen-bond acceptors (Lipinski definition) is 8. The third kappa shape index (κ3) is 5.33. The Morgan fingerprint density at radius 1 is 1.00 bits per heavy atom. The van der Waals surface area contributed by atoms with E-state index in [4.69, 9.17) is 14.2 Å². The van der Waals surface area contributed by atoms with Gasteiger partial charge in [0.2, 0.25) is 0 Å². The topological polar surface area (TPSA) is 104 Å². The molecule has 3 aromatic carbocycles. The minimum atomic E-state index is -0.371. The molecule has 0 radical (unpaired) electrons. The number of carbonyl (C=O) groups excluding carboxylic acids is 1. The quantitative estimate of drug-likeness (QED) is 0.161. The third-order valence-corrected chi connectivity index (χ3v) is 6.17. The van der Waals surface area contributed by atoms with Crippen LogP contribution in [0.3, 0.4) is 0 Å². The second-order valence-electron chi connectivity index (χ2n) is 7.42. The van der Waals surface area contributed by atoms with Gasteiger partial charge < -0.3 is 14.2 Å². The molecule has 1 aromatic heterocycles. The van der Waals surface area contributed by atoms with Gasteiger partial charge in [0.05, 0.1) is 55.5 Å². The maximum absolute atomic E-state index is 13.2. The molecule has 0 aliphatic carbocycles. The summed E-state index contributed by atoms with van der Waals surface area (Å²) < 4.78 is 17.5. The maximum atomic E-state index is 13.2. The Morgan fingerprint density at radius 3 is 2.33 bits per heavy atom. The first-order valence-corrected chi connectivity index (χ1v) is 11.9. The largest absolute Gasteiger partial charge is 0.496 e. The number of fused-ring (bicyclic) bond motifs is 1. The third-order valence-electron chi connectivity index (χ3n) is 5.23. The number of amides is 1. The lowest BCUT2D eigenvalue weighted by atomic mass is 10.2. The molecule has 0 bridgehead atoms. The zero-order valence-corrected chi connectivity index (χ0v) is 20.7. The molecule has 4 aromatic rings. The van der Waals surface area contributed by atoms with Crippen LogP contribution < -0.4 is 25.2 Å². The summed E-state index contributed by atoms with van der Waals surface area (Å²) in [7, 11) is 4.58. The first kappa shape index (κ1) is 24.8. The molecule has 0 unspecified atom stereocenters. The Balaban J connectivity index is 1.54. The molecule has 184 valence electrons. The molecule has 0 saturated carbocycles. The van der Waals surface area contributed by atoms with Crippen molar-refractivity contribution in [3.05, 3.63) is 82.6 Å². The van der Waals surface area contributed by atoms with Gasteiger partial charge in [0.25, 0.3) is 11.5 Å².